The average Bonchev–Trinajstić information content (AvgIpc) is 3.05. The van der Waals surface area contributed by atoms with Gasteiger partial charge in [0.25, 0.3) is 0 Å². The highest BCUT2D eigenvalue weighted by atomic mass is 19.1. The maximum absolute atomic E-state index is 13.3. The summed E-state index contributed by atoms with van der Waals surface area (Å²) in [5.41, 5.74) is 8.43. The summed E-state index contributed by atoms with van der Waals surface area (Å²) in [6, 6.07) is 12.6. The third kappa shape index (κ3) is 4.07. The topological polar surface area (TPSA) is 82.2 Å². The minimum absolute atomic E-state index is 0.121. The number of aromatic nitrogens is 2. The van der Waals surface area contributed by atoms with Crippen LogP contribution in [0, 0.1) is 5.82 Å². The molecule has 0 saturated heterocycles. The van der Waals surface area contributed by atoms with Gasteiger partial charge in [0, 0.05) is 13.7 Å². The van der Waals surface area contributed by atoms with Gasteiger partial charge in [-0.25, -0.2) is 9.37 Å². The number of para-hydroxylation sites is 2. The molecular weight excluding hydrogens is 335 g/mol. The fourth-order valence-corrected chi connectivity index (χ4v) is 2.82. The molecule has 2 unspecified atom stereocenters. The molecule has 7 heteroatoms. The number of ether oxygens (including phenoxy) is 1. The van der Waals surface area contributed by atoms with Crippen LogP contribution in [0.1, 0.15) is 11.6 Å². The smallest absolute Gasteiger partial charge is 0.239 e. The predicted octanol–water partition coefficient (Wildman–Crippen LogP) is 2.01. The van der Waals surface area contributed by atoms with Crippen molar-refractivity contribution >= 4 is 16.9 Å². The summed E-state index contributed by atoms with van der Waals surface area (Å²) >= 11 is 0. The van der Waals surface area contributed by atoms with Crippen molar-refractivity contribution < 1.29 is 13.9 Å². The van der Waals surface area contributed by atoms with Crippen LogP contribution in [0.25, 0.3) is 11.0 Å². The number of nitrogens with zero attached hydrogens (tertiary/aromatic N) is 2. The number of hydrogen-bond acceptors (Lipinski definition) is 4. The van der Waals surface area contributed by atoms with E-state index < -0.39 is 6.04 Å². The summed E-state index contributed by atoms with van der Waals surface area (Å²) in [7, 11) is 1.49. The maximum Gasteiger partial charge on any atom is 0.239 e. The molecule has 136 valence electrons. The summed E-state index contributed by atoms with van der Waals surface area (Å²) in [6.07, 6.45) is 1.72. The van der Waals surface area contributed by atoms with Crippen molar-refractivity contribution in [2.45, 2.75) is 18.6 Å². The number of nitrogens with two attached hydrogens (primary N) is 1. The number of hydrogen-bond donors (Lipinski definition) is 2. The lowest BCUT2D eigenvalue weighted by Crippen LogP contribution is -2.45. The molecule has 3 rings (SSSR count). The van der Waals surface area contributed by atoms with Crippen LogP contribution in [-0.2, 0) is 16.1 Å². The van der Waals surface area contributed by atoms with Gasteiger partial charge in [0.2, 0.25) is 5.91 Å². The number of methoxy groups -OCH3 is 1. The predicted molar refractivity (Wildman–Crippen MR) is 96.9 cm³/mol. The number of amides is 1. The summed E-state index contributed by atoms with van der Waals surface area (Å²) in [5.74, 6) is -0.659. The monoisotopic (exact) mass is 356 g/mol. The normalized spacial score (nSPS) is 13.5. The Kier molecular flexibility index (Phi) is 5.60. The van der Waals surface area contributed by atoms with Crippen molar-refractivity contribution in [3.05, 3.63) is 66.2 Å². The van der Waals surface area contributed by atoms with Crippen LogP contribution in [0.3, 0.4) is 0 Å². The van der Waals surface area contributed by atoms with E-state index in [2.05, 4.69) is 10.3 Å². The van der Waals surface area contributed by atoms with Crippen molar-refractivity contribution in [3.63, 3.8) is 0 Å². The molecule has 0 saturated carbocycles. The minimum atomic E-state index is -0.775. The Balaban J connectivity index is 1.87. The third-order valence-corrected chi connectivity index (χ3v) is 4.18. The molecule has 1 amide bonds. The first-order valence-electron chi connectivity index (χ1n) is 8.28. The van der Waals surface area contributed by atoms with Crippen molar-refractivity contribution in [2.24, 2.45) is 5.73 Å². The molecule has 3 N–H and O–H groups in total. The largest absolute Gasteiger partial charge is 0.383 e. The molecule has 0 aliphatic rings. The van der Waals surface area contributed by atoms with E-state index in [1.54, 1.807) is 18.5 Å². The van der Waals surface area contributed by atoms with Crippen molar-refractivity contribution in [1.82, 2.24) is 14.9 Å². The molecule has 0 spiro atoms. The fourth-order valence-electron chi connectivity index (χ4n) is 2.82. The number of halogens is 1. The van der Waals surface area contributed by atoms with Crippen LogP contribution in [-0.4, -0.2) is 35.2 Å². The highest BCUT2D eigenvalue weighted by molar-refractivity contribution is 5.82. The second-order valence-corrected chi connectivity index (χ2v) is 6.06. The molecule has 2 atom stereocenters. The second-order valence-electron chi connectivity index (χ2n) is 6.06. The van der Waals surface area contributed by atoms with Gasteiger partial charge in [-0.2, -0.15) is 0 Å². The van der Waals surface area contributed by atoms with E-state index in [1.807, 2.05) is 28.8 Å². The number of rotatable bonds is 7. The lowest BCUT2D eigenvalue weighted by molar-refractivity contribution is -0.124. The first-order valence-corrected chi connectivity index (χ1v) is 8.28. The first kappa shape index (κ1) is 18.0. The molecule has 0 aliphatic carbocycles. The average molecular weight is 356 g/mol. The Morgan fingerprint density at radius 3 is 2.73 bits per heavy atom. The molecule has 2 aromatic carbocycles. The number of carbonyl (C=O) groups excluding carboxylic acids is 1. The molecule has 6 nitrogen and oxygen atoms in total. The molecule has 26 heavy (non-hydrogen) atoms. The zero-order valence-electron chi connectivity index (χ0n) is 14.4. The Hall–Kier alpha value is -2.77. The summed E-state index contributed by atoms with van der Waals surface area (Å²) < 4.78 is 20.2. The van der Waals surface area contributed by atoms with E-state index in [-0.39, 0.29) is 24.4 Å². The zero-order valence-corrected chi connectivity index (χ0v) is 14.4. The molecule has 1 aromatic heterocycles. The van der Waals surface area contributed by atoms with E-state index in [1.165, 1.54) is 19.2 Å². The van der Waals surface area contributed by atoms with Crippen molar-refractivity contribution in [2.75, 3.05) is 13.7 Å². The SMILES string of the molecule is COCC(N)C(=O)NC(Cn1cnc2ccccc21)c1ccc(F)cc1. The van der Waals surface area contributed by atoms with E-state index in [0.29, 0.717) is 6.54 Å². The van der Waals surface area contributed by atoms with Crippen molar-refractivity contribution in [1.29, 1.82) is 0 Å². The highest BCUT2D eigenvalue weighted by Crippen LogP contribution is 2.20. The number of imidazole rings is 1. The molecule has 1 heterocycles. The van der Waals surface area contributed by atoms with Gasteiger partial charge in [0.1, 0.15) is 11.9 Å². The number of benzene rings is 2. The molecule has 0 radical (unpaired) electrons. The molecule has 0 bridgehead atoms. The Morgan fingerprint density at radius 1 is 1.27 bits per heavy atom. The molecule has 0 fully saturated rings. The fraction of sp³-hybridized carbons (Fsp3) is 0.263. The van der Waals surface area contributed by atoms with Crippen molar-refractivity contribution in [3.8, 4) is 0 Å². The van der Waals surface area contributed by atoms with Gasteiger partial charge in [-0.3, -0.25) is 4.79 Å². The van der Waals surface area contributed by atoms with Crippen LogP contribution in [0.4, 0.5) is 4.39 Å². The Labute approximate surface area is 150 Å². The van der Waals surface area contributed by atoms with Crippen LogP contribution in [0.2, 0.25) is 0 Å². The number of nitrogens with one attached hydrogen (secondary N) is 1. The highest BCUT2D eigenvalue weighted by Gasteiger charge is 2.20. The van der Waals surface area contributed by atoms with E-state index in [9.17, 15) is 9.18 Å². The quantitative estimate of drug-likeness (QED) is 0.678. The summed E-state index contributed by atoms with van der Waals surface area (Å²) in [5, 5.41) is 2.93. The number of carbonyl (C=O) groups is 1. The first-order chi connectivity index (χ1) is 12.6. The van der Waals surface area contributed by atoms with Crippen LogP contribution in [0.5, 0.6) is 0 Å². The Bertz CT molecular complexity index is 879. The standard InChI is InChI=1S/C19H21FN4O2/c1-26-11-15(21)19(25)23-17(13-6-8-14(20)9-7-13)10-24-12-22-16-4-2-3-5-18(16)24/h2-9,12,15,17H,10-11,21H2,1H3,(H,23,25). The molecular formula is C19H21FN4O2. The van der Waals surface area contributed by atoms with Gasteiger partial charge >= 0.3 is 0 Å². The van der Waals surface area contributed by atoms with E-state index in [0.717, 1.165) is 16.6 Å². The van der Waals surface area contributed by atoms with Gasteiger partial charge in [0.15, 0.2) is 0 Å². The number of fused-ring (bicyclic) bond motifs is 1. The Morgan fingerprint density at radius 2 is 2.00 bits per heavy atom. The third-order valence-electron chi connectivity index (χ3n) is 4.18. The summed E-state index contributed by atoms with van der Waals surface area (Å²) in [4.78, 5) is 16.7. The molecule has 3 aromatic rings. The van der Waals surface area contributed by atoms with Crippen LogP contribution < -0.4 is 11.1 Å². The van der Waals surface area contributed by atoms with E-state index in [4.69, 9.17) is 10.5 Å². The maximum atomic E-state index is 13.3. The van der Waals surface area contributed by atoms with Gasteiger partial charge < -0.3 is 20.4 Å². The van der Waals surface area contributed by atoms with Gasteiger partial charge in [-0.1, -0.05) is 24.3 Å². The lowest BCUT2D eigenvalue weighted by Gasteiger charge is -2.22. The summed E-state index contributed by atoms with van der Waals surface area (Å²) in [6.45, 7) is 0.563. The van der Waals surface area contributed by atoms with E-state index >= 15 is 0 Å². The van der Waals surface area contributed by atoms with Crippen LogP contribution >= 0.6 is 0 Å². The zero-order chi connectivity index (χ0) is 18.5. The van der Waals surface area contributed by atoms with Gasteiger partial charge in [-0.05, 0) is 29.8 Å². The van der Waals surface area contributed by atoms with Crippen LogP contribution in [0.15, 0.2) is 54.9 Å². The van der Waals surface area contributed by atoms with Gasteiger partial charge in [0.05, 0.1) is 30.0 Å². The van der Waals surface area contributed by atoms with Gasteiger partial charge in [-0.15, -0.1) is 0 Å². The lowest BCUT2D eigenvalue weighted by atomic mass is 10.1. The second kappa shape index (κ2) is 8.07. The minimum Gasteiger partial charge on any atom is -0.383 e. The molecule has 0 aliphatic heterocycles.